The van der Waals surface area contributed by atoms with E-state index in [1.165, 1.54) is 11.6 Å². The van der Waals surface area contributed by atoms with Gasteiger partial charge in [-0.3, -0.25) is 0 Å². The number of hydrogen-bond donors (Lipinski definition) is 1. The monoisotopic (exact) mass is 334 g/mol. The highest BCUT2D eigenvalue weighted by atomic mass is 79.9. The maximum Gasteiger partial charge on any atom is 0.335 e. The van der Waals surface area contributed by atoms with E-state index in [2.05, 4.69) is 28.1 Å². The quantitative estimate of drug-likeness (QED) is 0.807. The molecule has 0 atom stereocenters. The molecular weight excluding hydrogens is 320 g/mol. The normalized spacial score (nSPS) is 10.2. The van der Waals surface area contributed by atoms with E-state index in [0.717, 1.165) is 12.8 Å². The van der Waals surface area contributed by atoms with Crippen LogP contribution in [0.5, 0.6) is 5.75 Å². The molecule has 0 saturated heterocycles. The summed E-state index contributed by atoms with van der Waals surface area (Å²) >= 11 is 3.28. The van der Waals surface area contributed by atoms with Gasteiger partial charge in [-0.1, -0.05) is 46.3 Å². The number of aromatic carboxylic acids is 1. The van der Waals surface area contributed by atoms with Crippen LogP contribution in [0.25, 0.3) is 0 Å². The van der Waals surface area contributed by atoms with E-state index in [9.17, 15) is 4.79 Å². The number of ether oxygens (including phenoxy) is 1. The lowest BCUT2D eigenvalue weighted by Gasteiger charge is -2.08. The molecule has 0 aromatic heterocycles. The van der Waals surface area contributed by atoms with E-state index < -0.39 is 5.97 Å². The van der Waals surface area contributed by atoms with Gasteiger partial charge in [0.1, 0.15) is 5.75 Å². The van der Waals surface area contributed by atoms with Gasteiger partial charge in [-0.05, 0) is 36.6 Å². The van der Waals surface area contributed by atoms with E-state index in [-0.39, 0.29) is 5.56 Å². The fourth-order valence-electron chi connectivity index (χ4n) is 1.88. The summed E-state index contributed by atoms with van der Waals surface area (Å²) in [4.78, 5) is 10.9. The summed E-state index contributed by atoms with van der Waals surface area (Å²) < 4.78 is 6.31. The molecule has 4 heteroatoms. The van der Waals surface area contributed by atoms with Crippen molar-refractivity contribution in [2.75, 3.05) is 6.61 Å². The summed E-state index contributed by atoms with van der Waals surface area (Å²) in [5.41, 5.74) is 1.49. The molecule has 2 aromatic carbocycles. The van der Waals surface area contributed by atoms with Crippen LogP contribution in [0.3, 0.4) is 0 Å². The molecule has 0 bridgehead atoms. The SMILES string of the molecule is O=C(O)c1cc(Br)cc(OCCCc2ccccc2)c1. The second-order valence-electron chi connectivity index (χ2n) is 4.42. The third-order valence-corrected chi connectivity index (χ3v) is 3.30. The van der Waals surface area contributed by atoms with Crippen molar-refractivity contribution in [3.05, 3.63) is 64.1 Å². The molecule has 0 radical (unpaired) electrons. The molecule has 0 unspecified atom stereocenters. The number of carboxylic acid groups (broad SMARTS) is 1. The highest BCUT2D eigenvalue weighted by Gasteiger charge is 2.06. The van der Waals surface area contributed by atoms with Crippen molar-refractivity contribution < 1.29 is 14.6 Å². The molecule has 0 spiro atoms. The molecule has 0 saturated carbocycles. The Labute approximate surface area is 126 Å². The predicted octanol–water partition coefficient (Wildman–Crippen LogP) is 4.16. The smallest absolute Gasteiger partial charge is 0.335 e. The maximum absolute atomic E-state index is 10.9. The molecule has 2 aromatic rings. The fourth-order valence-corrected chi connectivity index (χ4v) is 2.35. The van der Waals surface area contributed by atoms with Crippen LogP contribution in [0.2, 0.25) is 0 Å². The van der Waals surface area contributed by atoms with Crippen LogP contribution in [0.4, 0.5) is 0 Å². The third kappa shape index (κ3) is 4.38. The van der Waals surface area contributed by atoms with Crippen LogP contribution in [-0.2, 0) is 6.42 Å². The van der Waals surface area contributed by atoms with Gasteiger partial charge in [0.25, 0.3) is 0 Å². The molecule has 0 aliphatic heterocycles. The molecular formula is C16H15BrO3. The van der Waals surface area contributed by atoms with E-state index in [0.29, 0.717) is 16.8 Å². The number of aryl methyl sites for hydroxylation is 1. The average Bonchev–Trinajstić information content (AvgIpc) is 2.44. The molecule has 3 nitrogen and oxygen atoms in total. The van der Waals surface area contributed by atoms with Crippen LogP contribution in [0, 0.1) is 0 Å². The first kappa shape index (κ1) is 14.6. The Morgan fingerprint density at radius 3 is 2.60 bits per heavy atom. The van der Waals surface area contributed by atoms with E-state index in [1.54, 1.807) is 12.1 Å². The summed E-state index contributed by atoms with van der Waals surface area (Å²) in [5, 5.41) is 8.98. The lowest BCUT2D eigenvalue weighted by atomic mass is 10.1. The average molecular weight is 335 g/mol. The van der Waals surface area contributed by atoms with Crippen molar-refractivity contribution >= 4 is 21.9 Å². The van der Waals surface area contributed by atoms with Crippen molar-refractivity contribution in [2.45, 2.75) is 12.8 Å². The first-order valence-corrected chi connectivity index (χ1v) is 7.15. The second-order valence-corrected chi connectivity index (χ2v) is 5.33. The lowest BCUT2D eigenvalue weighted by Crippen LogP contribution is -2.02. The zero-order valence-corrected chi connectivity index (χ0v) is 12.5. The largest absolute Gasteiger partial charge is 0.494 e. The number of rotatable bonds is 6. The molecule has 0 aliphatic rings. The minimum absolute atomic E-state index is 0.220. The van der Waals surface area contributed by atoms with Gasteiger partial charge in [-0.15, -0.1) is 0 Å². The Morgan fingerprint density at radius 2 is 1.90 bits per heavy atom. The summed E-state index contributed by atoms with van der Waals surface area (Å²) in [7, 11) is 0. The van der Waals surface area contributed by atoms with Gasteiger partial charge in [-0.2, -0.15) is 0 Å². The van der Waals surface area contributed by atoms with Crippen molar-refractivity contribution in [1.29, 1.82) is 0 Å². The number of carbonyl (C=O) groups is 1. The number of halogens is 1. The van der Waals surface area contributed by atoms with Gasteiger partial charge in [0.2, 0.25) is 0 Å². The summed E-state index contributed by atoms with van der Waals surface area (Å²) in [6.45, 7) is 0.560. The molecule has 0 aliphatic carbocycles. The summed E-state index contributed by atoms with van der Waals surface area (Å²) in [6.07, 6.45) is 1.83. The van der Waals surface area contributed by atoms with Gasteiger partial charge in [0.05, 0.1) is 12.2 Å². The number of hydrogen-bond acceptors (Lipinski definition) is 2. The topological polar surface area (TPSA) is 46.5 Å². The van der Waals surface area contributed by atoms with Crippen molar-refractivity contribution in [1.82, 2.24) is 0 Å². The minimum atomic E-state index is -0.958. The Hall–Kier alpha value is -1.81. The Kier molecular flexibility index (Phi) is 5.18. The van der Waals surface area contributed by atoms with Gasteiger partial charge in [0.15, 0.2) is 0 Å². The van der Waals surface area contributed by atoms with Gasteiger partial charge >= 0.3 is 5.97 Å². The summed E-state index contributed by atoms with van der Waals surface area (Å²) in [5.74, 6) is -0.384. The van der Waals surface area contributed by atoms with Gasteiger partial charge in [-0.25, -0.2) is 4.79 Å². The van der Waals surface area contributed by atoms with Crippen LogP contribution in [0.1, 0.15) is 22.3 Å². The van der Waals surface area contributed by atoms with Crippen LogP contribution >= 0.6 is 15.9 Å². The zero-order chi connectivity index (χ0) is 14.4. The van der Waals surface area contributed by atoms with E-state index in [4.69, 9.17) is 9.84 Å². The first-order chi connectivity index (χ1) is 9.65. The Morgan fingerprint density at radius 1 is 1.15 bits per heavy atom. The highest BCUT2D eigenvalue weighted by molar-refractivity contribution is 9.10. The Bertz CT molecular complexity index is 582. The molecule has 104 valence electrons. The van der Waals surface area contributed by atoms with Gasteiger partial charge in [0, 0.05) is 4.47 Å². The molecule has 0 amide bonds. The van der Waals surface area contributed by atoms with Crippen molar-refractivity contribution in [2.24, 2.45) is 0 Å². The molecule has 0 heterocycles. The van der Waals surface area contributed by atoms with E-state index in [1.807, 2.05) is 18.2 Å². The van der Waals surface area contributed by atoms with E-state index >= 15 is 0 Å². The third-order valence-electron chi connectivity index (χ3n) is 2.84. The highest BCUT2D eigenvalue weighted by Crippen LogP contribution is 2.21. The fraction of sp³-hybridized carbons (Fsp3) is 0.188. The molecule has 2 rings (SSSR count). The van der Waals surface area contributed by atoms with Crippen molar-refractivity contribution in [3.63, 3.8) is 0 Å². The lowest BCUT2D eigenvalue weighted by molar-refractivity contribution is 0.0696. The number of benzene rings is 2. The summed E-state index contributed by atoms with van der Waals surface area (Å²) in [6, 6.07) is 15.1. The van der Waals surface area contributed by atoms with Crippen molar-refractivity contribution in [3.8, 4) is 5.75 Å². The van der Waals surface area contributed by atoms with Crippen LogP contribution in [-0.4, -0.2) is 17.7 Å². The Balaban J connectivity index is 1.86. The standard InChI is InChI=1S/C16H15BrO3/c17-14-9-13(16(18)19)10-15(11-14)20-8-4-7-12-5-2-1-3-6-12/h1-3,5-6,9-11H,4,7-8H2,(H,18,19). The second kappa shape index (κ2) is 7.10. The first-order valence-electron chi connectivity index (χ1n) is 6.36. The molecule has 0 fully saturated rings. The number of carboxylic acids is 1. The molecule has 20 heavy (non-hydrogen) atoms. The van der Waals surface area contributed by atoms with Gasteiger partial charge < -0.3 is 9.84 Å². The zero-order valence-electron chi connectivity index (χ0n) is 10.9. The van der Waals surface area contributed by atoms with Crippen LogP contribution < -0.4 is 4.74 Å². The van der Waals surface area contributed by atoms with Crippen LogP contribution in [0.15, 0.2) is 53.0 Å². The maximum atomic E-state index is 10.9. The molecule has 1 N–H and O–H groups in total. The minimum Gasteiger partial charge on any atom is -0.494 e. The predicted molar refractivity (Wildman–Crippen MR) is 81.4 cm³/mol.